The quantitative estimate of drug-likeness (QED) is 0.640. The molecule has 3 aromatic rings. The Kier molecular flexibility index (Phi) is 2.04. The Balaban J connectivity index is 2.30. The van der Waals surface area contributed by atoms with Gasteiger partial charge in [-0.25, -0.2) is 14.6 Å². The monoisotopic (exact) mass is 225 g/mol. The third-order valence-corrected chi connectivity index (χ3v) is 2.58. The second kappa shape index (κ2) is 3.55. The highest BCUT2D eigenvalue weighted by Crippen LogP contribution is 2.20. The first-order valence-electron chi connectivity index (χ1n) is 5.27. The van der Waals surface area contributed by atoms with Crippen molar-refractivity contribution in [1.82, 2.24) is 19.7 Å². The maximum atomic E-state index is 5.73. The molecule has 0 fully saturated rings. The summed E-state index contributed by atoms with van der Waals surface area (Å²) in [7, 11) is 0. The molecule has 0 atom stereocenters. The van der Waals surface area contributed by atoms with Crippen molar-refractivity contribution in [2.24, 2.45) is 0 Å². The number of aryl methyl sites for hydroxylation is 1. The molecular weight excluding hydrogens is 214 g/mol. The highest BCUT2D eigenvalue weighted by Gasteiger charge is 2.06. The zero-order chi connectivity index (χ0) is 11.8. The normalized spacial score (nSPS) is 10.9. The van der Waals surface area contributed by atoms with Crippen LogP contribution in [0.25, 0.3) is 16.7 Å². The van der Waals surface area contributed by atoms with Crippen LogP contribution in [0, 0.1) is 6.92 Å². The van der Waals surface area contributed by atoms with E-state index in [1.165, 1.54) is 6.33 Å². The molecule has 0 bridgehead atoms. The van der Waals surface area contributed by atoms with Gasteiger partial charge in [0.15, 0.2) is 5.82 Å². The number of aromatic nitrogens is 4. The molecule has 0 aliphatic heterocycles. The number of benzene rings is 1. The van der Waals surface area contributed by atoms with Gasteiger partial charge in [-0.1, -0.05) is 0 Å². The van der Waals surface area contributed by atoms with E-state index in [4.69, 9.17) is 5.73 Å². The number of rotatable bonds is 1. The SMILES string of the molecule is Cc1ccn(-c2ncnc3cc(N)ccc23)n1. The predicted octanol–water partition coefficient (Wildman–Crippen LogP) is 1.71. The van der Waals surface area contributed by atoms with Crippen LogP contribution >= 0.6 is 0 Å². The molecule has 0 unspecified atom stereocenters. The van der Waals surface area contributed by atoms with Crippen molar-refractivity contribution in [2.75, 3.05) is 5.73 Å². The average molecular weight is 225 g/mol. The lowest BCUT2D eigenvalue weighted by atomic mass is 10.2. The molecule has 0 saturated carbocycles. The lowest BCUT2D eigenvalue weighted by molar-refractivity contribution is 0.836. The van der Waals surface area contributed by atoms with Gasteiger partial charge >= 0.3 is 0 Å². The molecule has 2 heterocycles. The molecule has 0 aliphatic carbocycles. The number of nitrogens with two attached hydrogens (primary N) is 1. The van der Waals surface area contributed by atoms with Crippen LogP contribution in [-0.2, 0) is 0 Å². The Bertz CT molecular complexity index is 686. The smallest absolute Gasteiger partial charge is 0.164 e. The second-order valence-corrected chi connectivity index (χ2v) is 3.88. The number of fused-ring (bicyclic) bond motifs is 1. The lowest BCUT2D eigenvalue weighted by Gasteiger charge is -2.05. The molecular formula is C12H11N5. The molecule has 1 aromatic carbocycles. The Hall–Kier alpha value is -2.43. The third-order valence-electron chi connectivity index (χ3n) is 2.58. The van der Waals surface area contributed by atoms with Crippen LogP contribution in [0.2, 0.25) is 0 Å². The zero-order valence-electron chi connectivity index (χ0n) is 9.33. The summed E-state index contributed by atoms with van der Waals surface area (Å²) in [5.74, 6) is 0.767. The van der Waals surface area contributed by atoms with Gasteiger partial charge in [0.1, 0.15) is 6.33 Å². The molecule has 5 nitrogen and oxygen atoms in total. The lowest BCUT2D eigenvalue weighted by Crippen LogP contribution is -2.00. The number of nitrogens with zero attached hydrogens (tertiary/aromatic N) is 4. The van der Waals surface area contributed by atoms with E-state index in [2.05, 4.69) is 15.1 Å². The van der Waals surface area contributed by atoms with Crippen molar-refractivity contribution in [2.45, 2.75) is 6.92 Å². The number of nitrogen functional groups attached to an aromatic ring is 1. The minimum Gasteiger partial charge on any atom is -0.399 e. The van der Waals surface area contributed by atoms with E-state index in [1.807, 2.05) is 37.4 Å². The van der Waals surface area contributed by atoms with Gasteiger partial charge in [0.05, 0.1) is 11.2 Å². The van der Waals surface area contributed by atoms with E-state index in [0.29, 0.717) is 5.69 Å². The fourth-order valence-corrected chi connectivity index (χ4v) is 1.78. The fraction of sp³-hybridized carbons (Fsp3) is 0.0833. The van der Waals surface area contributed by atoms with Gasteiger partial charge in [0.2, 0.25) is 0 Å². The average Bonchev–Trinajstić information content (AvgIpc) is 2.74. The van der Waals surface area contributed by atoms with Crippen LogP contribution in [0.4, 0.5) is 5.69 Å². The molecule has 0 saturated heterocycles. The van der Waals surface area contributed by atoms with Crippen molar-refractivity contribution in [1.29, 1.82) is 0 Å². The zero-order valence-corrected chi connectivity index (χ0v) is 9.33. The fourth-order valence-electron chi connectivity index (χ4n) is 1.78. The molecule has 2 aromatic heterocycles. The van der Waals surface area contributed by atoms with Gasteiger partial charge in [-0.15, -0.1) is 0 Å². The standard InChI is InChI=1S/C12H11N5/c1-8-4-5-17(16-8)12-10-3-2-9(13)6-11(10)14-7-15-12/h2-7H,13H2,1H3. The summed E-state index contributed by atoms with van der Waals surface area (Å²) < 4.78 is 1.75. The molecule has 84 valence electrons. The minimum atomic E-state index is 0.693. The van der Waals surface area contributed by atoms with E-state index in [9.17, 15) is 0 Å². The summed E-state index contributed by atoms with van der Waals surface area (Å²) >= 11 is 0. The molecule has 0 aliphatic rings. The first kappa shape index (κ1) is 9.77. The molecule has 0 amide bonds. The van der Waals surface area contributed by atoms with E-state index in [0.717, 1.165) is 22.4 Å². The van der Waals surface area contributed by atoms with Crippen molar-refractivity contribution < 1.29 is 0 Å². The first-order valence-corrected chi connectivity index (χ1v) is 5.27. The molecule has 0 radical (unpaired) electrons. The first-order chi connectivity index (χ1) is 8.24. The van der Waals surface area contributed by atoms with Crippen LogP contribution in [-0.4, -0.2) is 19.7 Å². The Morgan fingerprint density at radius 1 is 1.18 bits per heavy atom. The predicted molar refractivity (Wildman–Crippen MR) is 65.8 cm³/mol. The summed E-state index contributed by atoms with van der Waals surface area (Å²) in [4.78, 5) is 8.47. The van der Waals surface area contributed by atoms with Gasteiger partial charge in [0, 0.05) is 17.3 Å². The molecule has 5 heteroatoms. The van der Waals surface area contributed by atoms with E-state index in [1.54, 1.807) is 4.68 Å². The van der Waals surface area contributed by atoms with Crippen LogP contribution in [0.1, 0.15) is 5.69 Å². The maximum Gasteiger partial charge on any atom is 0.164 e. The van der Waals surface area contributed by atoms with E-state index < -0.39 is 0 Å². The largest absolute Gasteiger partial charge is 0.399 e. The molecule has 3 rings (SSSR count). The van der Waals surface area contributed by atoms with Crippen molar-refractivity contribution in [3.63, 3.8) is 0 Å². The van der Waals surface area contributed by atoms with E-state index in [-0.39, 0.29) is 0 Å². The molecule has 2 N–H and O–H groups in total. The van der Waals surface area contributed by atoms with Gasteiger partial charge in [-0.2, -0.15) is 5.10 Å². The number of hydrogen-bond acceptors (Lipinski definition) is 4. The molecule has 17 heavy (non-hydrogen) atoms. The summed E-state index contributed by atoms with van der Waals surface area (Å²) in [6.45, 7) is 1.94. The van der Waals surface area contributed by atoms with Crippen molar-refractivity contribution in [3.8, 4) is 5.82 Å². The van der Waals surface area contributed by atoms with E-state index >= 15 is 0 Å². The number of anilines is 1. The summed E-state index contributed by atoms with van der Waals surface area (Å²) in [5, 5.41) is 5.28. The van der Waals surface area contributed by atoms with Gasteiger partial charge < -0.3 is 5.73 Å². The summed E-state index contributed by atoms with van der Waals surface area (Å²) in [6.07, 6.45) is 3.40. The molecule has 0 spiro atoms. The second-order valence-electron chi connectivity index (χ2n) is 3.88. The van der Waals surface area contributed by atoms with Crippen LogP contribution < -0.4 is 5.73 Å². The Labute approximate surface area is 97.9 Å². The minimum absolute atomic E-state index is 0.693. The highest BCUT2D eigenvalue weighted by atomic mass is 15.3. The van der Waals surface area contributed by atoms with Gasteiger partial charge in [-0.3, -0.25) is 0 Å². The topological polar surface area (TPSA) is 69.6 Å². The van der Waals surface area contributed by atoms with Crippen molar-refractivity contribution in [3.05, 3.63) is 42.5 Å². The Morgan fingerprint density at radius 3 is 2.82 bits per heavy atom. The third kappa shape index (κ3) is 1.61. The van der Waals surface area contributed by atoms with Crippen LogP contribution in [0.15, 0.2) is 36.8 Å². The van der Waals surface area contributed by atoms with Gasteiger partial charge in [-0.05, 0) is 31.2 Å². The summed E-state index contributed by atoms with van der Waals surface area (Å²) in [5.41, 5.74) is 8.20. The maximum absolute atomic E-state index is 5.73. The number of hydrogen-bond donors (Lipinski definition) is 1. The van der Waals surface area contributed by atoms with Crippen molar-refractivity contribution >= 4 is 16.6 Å². The summed E-state index contributed by atoms with van der Waals surface area (Å²) in [6, 6.07) is 7.52. The highest BCUT2D eigenvalue weighted by molar-refractivity contribution is 5.87. The Morgan fingerprint density at radius 2 is 2.06 bits per heavy atom. The van der Waals surface area contributed by atoms with Crippen LogP contribution in [0.3, 0.4) is 0 Å². The van der Waals surface area contributed by atoms with Gasteiger partial charge in [0.25, 0.3) is 0 Å². The van der Waals surface area contributed by atoms with Crippen LogP contribution in [0.5, 0.6) is 0 Å².